The van der Waals surface area contributed by atoms with Gasteiger partial charge in [0.2, 0.25) is 5.91 Å². The summed E-state index contributed by atoms with van der Waals surface area (Å²) < 4.78 is 26.7. The standard InChI is InChI=1S/C41H68NO10P/c1-3-5-7-9-11-13-15-17-18-19-20-21-23-25-27-29-31-33-40(45)50-34-37(43)35-51-53(48,49)52-36-38(41(46)47)42-39(44)32-30-28-26-24-22-16-14-12-10-8-6-4-2/h5,7,11-14,17-18,20-21,25,27,37-38,43H,3-4,6,8-10,15-16,19,22-24,26,28-36H2,1-2H3,(H,42,44)(H,46,47)(H,48,49)/b7-5-,13-11-,14-12-,18-17-,21-20-,27-25-. The molecule has 302 valence electrons. The first kappa shape index (κ1) is 49.9. The molecule has 0 bridgehead atoms. The molecule has 12 heteroatoms. The lowest BCUT2D eigenvalue weighted by atomic mass is 10.1. The van der Waals surface area contributed by atoms with Gasteiger partial charge in [0, 0.05) is 12.8 Å². The predicted molar refractivity (Wildman–Crippen MR) is 212 cm³/mol. The van der Waals surface area contributed by atoms with Crippen LogP contribution in [-0.2, 0) is 32.7 Å². The van der Waals surface area contributed by atoms with E-state index in [2.05, 4.69) is 79.9 Å². The van der Waals surface area contributed by atoms with Crippen molar-refractivity contribution < 1.29 is 47.8 Å². The molecule has 0 aromatic carbocycles. The van der Waals surface area contributed by atoms with E-state index in [9.17, 15) is 34.1 Å². The molecule has 0 aliphatic heterocycles. The minimum Gasteiger partial charge on any atom is -0.480 e. The van der Waals surface area contributed by atoms with E-state index in [1.165, 1.54) is 19.3 Å². The fourth-order valence-corrected chi connectivity index (χ4v) is 5.47. The molecule has 0 heterocycles. The summed E-state index contributed by atoms with van der Waals surface area (Å²) in [5.74, 6) is -2.46. The van der Waals surface area contributed by atoms with Crippen LogP contribution in [-0.4, -0.2) is 64.9 Å². The van der Waals surface area contributed by atoms with Gasteiger partial charge in [0.05, 0.1) is 13.2 Å². The Bertz CT molecular complexity index is 1180. The molecule has 0 aliphatic rings. The normalized spacial score (nSPS) is 14.6. The van der Waals surface area contributed by atoms with Gasteiger partial charge >= 0.3 is 19.8 Å². The van der Waals surface area contributed by atoms with Crippen LogP contribution in [0.4, 0.5) is 0 Å². The zero-order valence-electron chi connectivity index (χ0n) is 32.3. The quantitative estimate of drug-likeness (QED) is 0.0211. The summed E-state index contributed by atoms with van der Waals surface area (Å²) >= 11 is 0. The summed E-state index contributed by atoms with van der Waals surface area (Å²) in [6.07, 6.45) is 40.8. The largest absolute Gasteiger partial charge is 0.480 e. The molecule has 3 atom stereocenters. The van der Waals surface area contributed by atoms with Crippen LogP contribution in [0.2, 0.25) is 0 Å². The summed E-state index contributed by atoms with van der Waals surface area (Å²) in [5.41, 5.74) is 0. The van der Waals surface area contributed by atoms with Crippen molar-refractivity contribution in [3.63, 3.8) is 0 Å². The average molecular weight is 766 g/mol. The number of carbonyl (C=O) groups is 3. The SMILES string of the molecule is CC/C=C\C/C=C\C/C=C\C/C=C\C/C=C\CCCC(=O)OCC(O)COP(=O)(O)OCC(NC(=O)CCCCCCC/C=C\CCCCC)C(=O)O. The number of nitrogens with one attached hydrogen (secondary N) is 1. The Hall–Kier alpha value is -3.08. The third kappa shape index (κ3) is 35.7. The van der Waals surface area contributed by atoms with E-state index >= 15 is 0 Å². The van der Waals surface area contributed by atoms with E-state index in [4.69, 9.17) is 13.8 Å². The number of carbonyl (C=O) groups excluding carboxylic acids is 2. The maximum absolute atomic E-state index is 12.2. The molecule has 0 rings (SSSR count). The van der Waals surface area contributed by atoms with Gasteiger partial charge in [-0.3, -0.25) is 18.6 Å². The van der Waals surface area contributed by atoms with Crippen molar-refractivity contribution in [3.05, 3.63) is 72.9 Å². The lowest BCUT2D eigenvalue weighted by molar-refractivity contribution is -0.147. The lowest BCUT2D eigenvalue weighted by Gasteiger charge is -2.18. The minimum atomic E-state index is -4.77. The number of carboxylic acids is 1. The van der Waals surface area contributed by atoms with Crippen LogP contribution in [0, 0.1) is 0 Å². The first-order chi connectivity index (χ1) is 25.6. The third-order valence-corrected chi connectivity index (χ3v) is 8.68. The molecule has 3 unspecified atom stereocenters. The maximum atomic E-state index is 12.2. The van der Waals surface area contributed by atoms with Crippen LogP contribution in [0.3, 0.4) is 0 Å². The third-order valence-electron chi connectivity index (χ3n) is 7.73. The van der Waals surface area contributed by atoms with E-state index in [0.717, 1.165) is 70.6 Å². The van der Waals surface area contributed by atoms with Crippen molar-refractivity contribution in [1.82, 2.24) is 5.32 Å². The molecule has 1 amide bonds. The average Bonchev–Trinajstić information content (AvgIpc) is 3.13. The van der Waals surface area contributed by atoms with E-state index in [1.807, 2.05) is 12.2 Å². The fourth-order valence-electron chi connectivity index (χ4n) is 4.70. The number of phosphoric acid groups is 1. The Kier molecular flexibility index (Phi) is 33.8. The van der Waals surface area contributed by atoms with Gasteiger partial charge in [0.25, 0.3) is 0 Å². The number of hydrogen-bond acceptors (Lipinski definition) is 8. The van der Waals surface area contributed by atoms with Gasteiger partial charge in [0.1, 0.15) is 12.7 Å². The highest BCUT2D eigenvalue weighted by Gasteiger charge is 2.28. The number of amides is 1. The zero-order chi connectivity index (χ0) is 39.3. The number of unbranched alkanes of at least 4 members (excludes halogenated alkanes) is 9. The van der Waals surface area contributed by atoms with Gasteiger partial charge in [-0.05, 0) is 77.0 Å². The number of rotatable bonds is 35. The molecule has 4 N–H and O–H groups in total. The molecule has 0 aromatic heterocycles. The van der Waals surface area contributed by atoms with Gasteiger partial charge in [0.15, 0.2) is 6.04 Å². The van der Waals surface area contributed by atoms with Crippen molar-refractivity contribution in [2.75, 3.05) is 19.8 Å². The molecular weight excluding hydrogens is 697 g/mol. The number of ether oxygens (including phenoxy) is 1. The van der Waals surface area contributed by atoms with E-state index in [1.54, 1.807) is 0 Å². The summed E-state index contributed by atoms with van der Waals surface area (Å²) in [5, 5.41) is 21.7. The minimum absolute atomic E-state index is 0.128. The van der Waals surface area contributed by atoms with Crippen LogP contribution in [0.25, 0.3) is 0 Å². The lowest BCUT2D eigenvalue weighted by Crippen LogP contribution is -2.43. The van der Waals surface area contributed by atoms with Gasteiger partial charge in [-0.25, -0.2) is 9.36 Å². The van der Waals surface area contributed by atoms with E-state index in [-0.39, 0.29) is 12.8 Å². The van der Waals surface area contributed by atoms with E-state index < -0.39 is 57.6 Å². The summed E-state index contributed by atoms with van der Waals surface area (Å²) in [6, 6.07) is -1.56. The van der Waals surface area contributed by atoms with Crippen LogP contribution >= 0.6 is 7.82 Å². The molecule has 0 saturated carbocycles. The molecule has 0 spiro atoms. The molecule has 0 radical (unpaired) electrons. The van der Waals surface area contributed by atoms with Crippen LogP contribution in [0.1, 0.15) is 136 Å². The van der Waals surface area contributed by atoms with Crippen molar-refractivity contribution in [1.29, 1.82) is 0 Å². The summed E-state index contributed by atoms with van der Waals surface area (Å²) in [7, 11) is -4.77. The number of aliphatic carboxylic acids is 1. The second kappa shape index (κ2) is 35.9. The predicted octanol–water partition coefficient (Wildman–Crippen LogP) is 9.38. The molecule has 0 aliphatic carbocycles. The van der Waals surface area contributed by atoms with Gasteiger partial charge < -0.3 is 25.2 Å². The summed E-state index contributed by atoms with van der Waals surface area (Å²) in [6.45, 7) is 2.35. The van der Waals surface area contributed by atoms with Crippen molar-refractivity contribution in [3.8, 4) is 0 Å². The second-order valence-electron chi connectivity index (χ2n) is 12.7. The number of esters is 1. The van der Waals surface area contributed by atoms with Crippen LogP contribution in [0.15, 0.2) is 72.9 Å². The molecule has 0 fully saturated rings. The van der Waals surface area contributed by atoms with Gasteiger partial charge in [-0.1, -0.05) is 119 Å². The number of hydrogen-bond donors (Lipinski definition) is 4. The zero-order valence-corrected chi connectivity index (χ0v) is 33.2. The molecule has 11 nitrogen and oxygen atoms in total. The fraction of sp³-hybridized carbons (Fsp3) is 0.634. The highest BCUT2D eigenvalue weighted by molar-refractivity contribution is 7.47. The highest BCUT2D eigenvalue weighted by atomic mass is 31.2. The number of aliphatic hydroxyl groups is 1. The Morgan fingerprint density at radius 1 is 0.623 bits per heavy atom. The van der Waals surface area contributed by atoms with Crippen molar-refractivity contribution >= 4 is 25.7 Å². The molecule has 53 heavy (non-hydrogen) atoms. The molecular formula is C41H68NO10P. The van der Waals surface area contributed by atoms with Crippen molar-refractivity contribution in [2.45, 2.75) is 148 Å². The Labute approximate surface area is 319 Å². The van der Waals surface area contributed by atoms with E-state index in [0.29, 0.717) is 19.3 Å². The maximum Gasteiger partial charge on any atom is 0.472 e. The smallest absolute Gasteiger partial charge is 0.472 e. The molecule has 0 aromatic rings. The Balaban J connectivity index is 4.05. The Morgan fingerprint density at radius 2 is 1.11 bits per heavy atom. The van der Waals surface area contributed by atoms with Crippen molar-refractivity contribution in [2.24, 2.45) is 0 Å². The van der Waals surface area contributed by atoms with Crippen LogP contribution in [0.5, 0.6) is 0 Å². The van der Waals surface area contributed by atoms with Gasteiger partial charge in [-0.15, -0.1) is 0 Å². The summed E-state index contributed by atoms with van der Waals surface area (Å²) in [4.78, 5) is 45.7. The second-order valence-corrected chi connectivity index (χ2v) is 14.2. The van der Waals surface area contributed by atoms with Crippen LogP contribution < -0.4 is 5.32 Å². The highest BCUT2D eigenvalue weighted by Crippen LogP contribution is 2.43. The number of allylic oxidation sites excluding steroid dienone is 12. The number of carboxylic acid groups (broad SMARTS) is 1. The topological polar surface area (TPSA) is 169 Å². The van der Waals surface area contributed by atoms with Gasteiger partial charge in [-0.2, -0.15) is 0 Å². The first-order valence-corrected chi connectivity index (χ1v) is 21.0. The Morgan fingerprint density at radius 3 is 1.70 bits per heavy atom. The number of aliphatic hydroxyl groups excluding tert-OH is 1. The monoisotopic (exact) mass is 765 g/mol. The molecule has 0 saturated heterocycles. The number of phosphoric ester groups is 1. The first-order valence-electron chi connectivity index (χ1n) is 19.5.